The van der Waals surface area contributed by atoms with E-state index in [1.807, 2.05) is 42.5 Å². The molecule has 0 spiro atoms. The quantitative estimate of drug-likeness (QED) is 0.867. The van der Waals surface area contributed by atoms with E-state index in [0.717, 1.165) is 30.4 Å². The Balaban J connectivity index is 1.61. The fourth-order valence-electron chi connectivity index (χ4n) is 3.37. The molecule has 1 saturated carbocycles. The lowest BCUT2D eigenvalue weighted by Gasteiger charge is -2.32. The molecule has 1 amide bonds. The summed E-state index contributed by atoms with van der Waals surface area (Å²) in [5.41, 5.74) is 1.50. The minimum atomic E-state index is -0.732. The van der Waals surface area contributed by atoms with Crippen LogP contribution in [-0.2, 0) is 4.79 Å². The molecule has 0 bridgehead atoms. The van der Waals surface area contributed by atoms with Crippen molar-refractivity contribution in [2.45, 2.75) is 50.7 Å². The maximum absolute atomic E-state index is 12.5. The van der Waals surface area contributed by atoms with Crippen LogP contribution < -0.4 is 10.1 Å². The minimum Gasteiger partial charge on any atom is -0.481 e. The number of amides is 1. The zero-order chi connectivity index (χ0) is 18.4. The average molecular weight is 348 g/mol. The molecule has 2 aromatic carbocycles. The molecule has 1 aliphatic rings. The zero-order valence-corrected chi connectivity index (χ0v) is 15.1. The minimum absolute atomic E-state index is 0.236. The van der Waals surface area contributed by atoms with Gasteiger partial charge in [0.1, 0.15) is 11.3 Å². The van der Waals surface area contributed by atoms with Crippen molar-refractivity contribution in [3.63, 3.8) is 0 Å². The smallest absolute Gasteiger partial charge is 0.262 e. The van der Waals surface area contributed by atoms with Gasteiger partial charge in [-0.05, 0) is 43.0 Å². The van der Waals surface area contributed by atoms with E-state index in [9.17, 15) is 10.1 Å². The number of rotatable bonds is 5. The van der Waals surface area contributed by atoms with Crippen LogP contribution in [0.3, 0.4) is 0 Å². The first-order chi connectivity index (χ1) is 12.6. The lowest BCUT2D eigenvalue weighted by atomic mass is 9.83. The van der Waals surface area contributed by atoms with Gasteiger partial charge >= 0.3 is 0 Å². The molecular weight excluding hydrogens is 324 g/mol. The predicted octanol–water partition coefficient (Wildman–Crippen LogP) is 4.46. The van der Waals surface area contributed by atoms with Gasteiger partial charge in [-0.3, -0.25) is 4.79 Å². The summed E-state index contributed by atoms with van der Waals surface area (Å²) in [6, 6.07) is 20.1. The van der Waals surface area contributed by atoms with E-state index >= 15 is 0 Å². The Morgan fingerprint density at radius 1 is 1.04 bits per heavy atom. The van der Waals surface area contributed by atoms with Crippen molar-refractivity contribution < 1.29 is 9.53 Å². The highest BCUT2D eigenvalue weighted by atomic mass is 16.5. The summed E-state index contributed by atoms with van der Waals surface area (Å²) >= 11 is 0. The van der Waals surface area contributed by atoms with Crippen LogP contribution in [0.4, 0.5) is 0 Å². The third kappa shape index (κ3) is 4.23. The van der Waals surface area contributed by atoms with Crippen LogP contribution in [0.15, 0.2) is 54.6 Å². The van der Waals surface area contributed by atoms with Crippen LogP contribution in [0.1, 0.15) is 39.0 Å². The second-order valence-corrected chi connectivity index (χ2v) is 6.89. The third-order valence-electron chi connectivity index (χ3n) is 4.93. The first kappa shape index (κ1) is 18.0. The number of carbonyl (C=O) groups excluding carboxylic acids is 1. The van der Waals surface area contributed by atoms with Crippen LogP contribution in [0.25, 0.3) is 11.1 Å². The number of benzene rings is 2. The standard InChI is InChI=1S/C22H24N2O2/c1-17(21(25)24-22(16-23)14-6-3-7-15-22)26-20-12-10-19(11-13-20)18-8-4-2-5-9-18/h2,4-5,8-13,17H,3,6-7,14-15H2,1H3,(H,24,25). The van der Waals surface area contributed by atoms with E-state index in [2.05, 4.69) is 23.5 Å². The highest BCUT2D eigenvalue weighted by molar-refractivity contribution is 5.82. The highest BCUT2D eigenvalue weighted by Crippen LogP contribution is 2.28. The van der Waals surface area contributed by atoms with Gasteiger partial charge in [-0.15, -0.1) is 0 Å². The largest absolute Gasteiger partial charge is 0.481 e. The van der Waals surface area contributed by atoms with Crippen LogP contribution in [-0.4, -0.2) is 17.6 Å². The lowest BCUT2D eigenvalue weighted by molar-refractivity contribution is -0.129. The van der Waals surface area contributed by atoms with Crippen LogP contribution in [0.2, 0.25) is 0 Å². The SMILES string of the molecule is CC(Oc1ccc(-c2ccccc2)cc1)C(=O)NC1(C#N)CCCCC1. The van der Waals surface area contributed by atoms with Crippen molar-refractivity contribution >= 4 is 5.91 Å². The fourth-order valence-corrected chi connectivity index (χ4v) is 3.37. The molecule has 1 unspecified atom stereocenters. The number of carbonyl (C=O) groups is 1. The second kappa shape index (κ2) is 8.05. The first-order valence-corrected chi connectivity index (χ1v) is 9.17. The molecule has 1 fully saturated rings. The summed E-state index contributed by atoms with van der Waals surface area (Å²) in [5, 5.41) is 12.4. The Bertz CT molecular complexity index is 772. The number of hydrogen-bond acceptors (Lipinski definition) is 3. The Kier molecular flexibility index (Phi) is 5.58. The summed E-state index contributed by atoms with van der Waals surface area (Å²) in [7, 11) is 0. The summed E-state index contributed by atoms with van der Waals surface area (Å²) < 4.78 is 5.78. The van der Waals surface area contributed by atoms with Gasteiger partial charge in [-0.1, -0.05) is 61.7 Å². The maximum Gasteiger partial charge on any atom is 0.262 e. The predicted molar refractivity (Wildman–Crippen MR) is 102 cm³/mol. The zero-order valence-electron chi connectivity index (χ0n) is 15.1. The van der Waals surface area contributed by atoms with Gasteiger partial charge in [0.25, 0.3) is 5.91 Å². The number of nitrogens with zero attached hydrogens (tertiary/aromatic N) is 1. The summed E-state index contributed by atoms with van der Waals surface area (Å²) in [6.45, 7) is 1.72. The average Bonchev–Trinajstić information content (AvgIpc) is 2.70. The van der Waals surface area contributed by atoms with Gasteiger partial charge < -0.3 is 10.1 Å². The maximum atomic E-state index is 12.5. The Labute approximate surface area is 154 Å². The number of ether oxygens (including phenoxy) is 1. The lowest BCUT2D eigenvalue weighted by Crippen LogP contribution is -2.52. The number of hydrogen-bond donors (Lipinski definition) is 1. The van der Waals surface area contributed by atoms with Crippen molar-refractivity contribution in [1.82, 2.24) is 5.32 Å². The van der Waals surface area contributed by atoms with E-state index in [-0.39, 0.29) is 5.91 Å². The summed E-state index contributed by atoms with van der Waals surface area (Å²) in [4.78, 5) is 12.5. The van der Waals surface area contributed by atoms with E-state index in [0.29, 0.717) is 18.6 Å². The first-order valence-electron chi connectivity index (χ1n) is 9.17. The van der Waals surface area contributed by atoms with E-state index < -0.39 is 11.6 Å². The van der Waals surface area contributed by atoms with Crippen molar-refractivity contribution in [3.8, 4) is 22.9 Å². The fraction of sp³-hybridized carbons (Fsp3) is 0.364. The molecule has 1 N–H and O–H groups in total. The molecular formula is C22H24N2O2. The molecule has 4 nitrogen and oxygen atoms in total. The Hall–Kier alpha value is -2.80. The van der Waals surface area contributed by atoms with E-state index in [1.54, 1.807) is 6.92 Å². The monoisotopic (exact) mass is 348 g/mol. The Morgan fingerprint density at radius 3 is 2.27 bits per heavy atom. The van der Waals surface area contributed by atoms with Gasteiger partial charge in [0.2, 0.25) is 0 Å². The number of nitrogens with one attached hydrogen (secondary N) is 1. The molecule has 1 atom stereocenters. The van der Waals surface area contributed by atoms with Crippen molar-refractivity contribution in [2.24, 2.45) is 0 Å². The van der Waals surface area contributed by atoms with Crippen molar-refractivity contribution in [3.05, 3.63) is 54.6 Å². The molecule has 0 saturated heterocycles. The summed E-state index contributed by atoms with van der Waals surface area (Å²) in [5.74, 6) is 0.405. The van der Waals surface area contributed by atoms with Gasteiger partial charge in [-0.2, -0.15) is 5.26 Å². The molecule has 134 valence electrons. The van der Waals surface area contributed by atoms with Gasteiger partial charge in [0.05, 0.1) is 6.07 Å². The summed E-state index contributed by atoms with van der Waals surface area (Å²) in [6.07, 6.45) is 3.86. The van der Waals surface area contributed by atoms with Gasteiger partial charge in [-0.25, -0.2) is 0 Å². The Morgan fingerprint density at radius 2 is 1.65 bits per heavy atom. The molecule has 4 heteroatoms. The van der Waals surface area contributed by atoms with Crippen LogP contribution in [0.5, 0.6) is 5.75 Å². The van der Waals surface area contributed by atoms with Gasteiger partial charge in [0.15, 0.2) is 6.10 Å². The molecule has 1 aliphatic carbocycles. The molecule has 2 aromatic rings. The molecule has 0 aliphatic heterocycles. The van der Waals surface area contributed by atoms with Crippen molar-refractivity contribution in [1.29, 1.82) is 5.26 Å². The van der Waals surface area contributed by atoms with Crippen molar-refractivity contribution in [2.75, 3.05) is 0 Å². The normalized spacial score (nSPS) is 16.9. The third-order valence-corrected chi connectivity index (χ3v) is 4.93. The second-order valence-electron chi connectivity index (χ2n) is 6.89. The molecule has 26 heavy (non-hydrogen) atoms. The number of nitriles is 1. The molecule has 0 aromatic heterocycles. The molecule has 0 heterocycles. The molecule has 3 rings (SSSR count). The topological polar surface area (TPSA) is 62.1 Å². The molecule has 0 radical (unpaired) electrons. The highest BCUT2D eigenvalue weighted by Gasteiger charge is 2.35. The van der Waals surface area contributed by atoms with Crippen LogP contribution in [0, 0.1) is 11.3 Å². The van der Waals surface area contributed by atoms with E-state index in [1.165, 1.54) is 0 Å². The van der Waals surface area contributed by atoms with Crippen LogP contribution >= 0.6 is 0 Å². The van der Waals surface area contributed by atoms with E-state index in [4.69, 9.17) is 4.74 Å². The van der Waals surface area contributed by atoms with Gasteiger partial charge in [0, 0.05) is 0 Å².